The fraction of sp³-hybridized carbons (Fsp3) is 0.286. The second-order valence-corrected chi connectivity index (χ2v) is 8.05. The van der Waals surface area contributed by atoms with E-state index in [2.05, 4.69) is 10.3 Å². The Bertz CT molecular complexity index is 1080. The van der Waals surface area contributed by atoms with Gasteiger partial charge in [-0.05, 0) is 55.3 Å². The lowest BCUT2D eigenvalue weighted by Gasteiger charge is -2.17. The molecule has 144 valence electrons. The zero-order chi connectivity index (χ0) is 19.8. The normalized spacial score (nSPS) is 16.6. The average Bonchev–Trinajstić information content (AvgIpc) is 3.26. The Balaban J connectivity index is 1.48. The van der Waals surface area contributed by atoms with Crippen LogP contribution < -0.4 is 15.0 Å². The highest BCUT2D eigenvalue weighted by Gasteiger charge is 2.35. The molecule has 28 heavy (non-hydrogen) atoms. The molecule has 1 fully saturated rings. The molecule has 1 N–H and O–H groups in total. The van der Waals surface area contributed by atoms with Gasteiger partial charge in [-0.1, -0.05) is 17.4 Å². The number of thiazole rings is 1. The van der Waals surface area contributed by atoms with Gasteiger partial charge in [0.05, 0.1) is 23.2 Å². The molecule has 4 rings (SSSR count). The van der Waals surface area contributed by atoms with Crippen molar-refractivity contribution in [2.24, 2.45) is 5.92 Å². The van der Waals surface area contributed by atoms with Gasteiger partial charge in [0.1, 0.15) is 5.75 Å². The maximum Gasteiger partial charge on any atom is 0.231 e. The van der Waals surface area contributed by atoms with Crippen molar-refractivity contribution in [2.75, 3.05) is 23.9 Å². The van der Waals surface area contributed by atoms with Crippen LogP contribution in [0.3, 0.4) is 0 Å². The van der Waals surface area contributed by atoms with Crippen LogP contribution in [-0.2, 0) is 9.59 Å². The molecule has 1 saturated heterocycles. The SMILES string of the molecule is COc1ccc2nc(NC(=O)[C@@H]3CC(=O)N(c4ccc(C)c(C)c4)C3)sc2c1. The van der Waals surface area contributed by atoms with Crippen molar-refractivity contribution in [2.45, 2.75) is 20.3 Å². The maximum absolute atomic E-state index is 12.7. The van der Waals surface area contributed by atoms with Crippen molar-refractivity contribution in [3.05, 3.63) is 47.5 Å². The monoisotopic (exact) mass is 395 g/mol. The first-order valence-corrected chi connectivity index (χ1v) is 9.89. The summed E-state index contributed by atoms with van der Waals surface area (Å²) in [6.07, 6.45) is 0.206. The highest BCUT2D eigenvalue weighted by atomic mass is 32.1. The Labute approximate surface area is 167 Å². The molecule has 1 aliphatic rings. The molecule has 1 aromatic heterocycles. The average molecular weight is 395 g/mol. The van der Waals surface area contributed by atoms with Crippen LogP contribution >= 0.6 is 11.3 Å². The minimum Gasteiger partial charge on any atom is -0.497 e. The molecule has 1 atom stereocenters. The second-order valence-electron chi connectivity index (χ2n) is 7.02. The number of carbonyl (C=O) groups is 2. The number of carbonyl (C=O) groups excluding carboxylic acids is 2. The Morgan fingerprint density at radius 3 is 2.79 bits per heavy atom. The molecule has 0 aliphatic carbocycles. The van der Waals surface area contributed by atoms with E-state index in [1.165, 1.54) is 16.9 Å². The van der Waals surface area contributed by atoms with Crippen molar-refractivity contribution < 1.29 is 14.3 Å². The Kier molecular flexibility index (Phi) is 4.77. The van der Waals surface area contributed by atoms with Crippen LogP contribution in [0.2, 0.25) is 0 Å². The predicted molar refractivity (Wildman–Crippen MR) is 111 cm³/mol. The molecule has 2 aromatic carbocycles. The Morgan fingerprint density at radius 1 is 1.21 bits per heavy atom. The number of amides is 2. The number of nitrogens with zero attached hydrogens (tertiary/aromatic N) is 2. The van der Waals surface area contributed by atoms with E-state index in [9.17, 15) is 9.59 Å². The number of benzene rings is 2. The lowest BCUT2D eigenvalue weighted by molar-refractivity contribution is -0.122. The zero-order valence-electron chi connectivity index (χ0n) is 16.0. The van der Waals surface area contributed by atoms with Crippen molar-refractivity contribution in [1.82, 2.24) is 4.98 Å². The first-order valence-electron chi connectivity index (χ1n) is 9.07. The van der Waals surface area contributed by atoms with E-state index in [0.717, 1.165) is 27.2 Å². The van der Waals surface area contributed by atoms with E-state index < -0.39 is 5.92 Å². The highest BCUT2D eigenvalue weighted by Crippen LogP contribution is 2.31. The fourth-order valence-corrected chi connectivity index (χ4v) is 4.22. The first-order chi connectivity index (χ1) is 13.4. The van der Waals surface area contributed by atoms with Crippen LogP contribution in [0.5, 0.6) is 5.75 Å². The smallest absolute Gasteiger partial charge is 0.231 e. The number of rotatable bonds is 4. The largest absolute Gasteiger partial charge is 0.497 e. The molecule has 2 amide bonds. The quantitative estimate of drug-likeness (QED) is 0.727. The molecule has 0 saturated carbocycles. The summed E-state index contributed by atoms with van der Waals surface area (Å²) in [5.74, 6) is 0.151. The summed E-state index contributed by atoms with van der Waals surface area (Å²) >= 11 is 1.39. The standard InChI is InChI=1S/C21H21N3O3S/c1-12-4-5-15(8-13(12)2)24-11-14(9-19(24)25)20(26)23-21-22-17-7-6-16(27-3)10-18(17)28-21/h4-8,10,14H,9,11H2,1-3H3,(H,22,23,26)/t14-/m1/s1. The number of ether oxygens (including phenoxy) is 1. The van der Waals surface area contributed by atoms with Gasteiger partial charge in [-0.3, -0.25) is 9.59 Å². The topological polar surface area (TPSA) is 71.5 Å². The number of aryl methyl sites for hydroxylation is 2. The van der Waals surface area contributed by atoms with Crippen LogP contribution in [-0.4, -0.2) is 30.5 Å². The molecule has 7 heteroatoms. The van der Waals surface area contributed by atoms with E-state index in [1.807, 2.05) is 50.2 Å². The molecule has 0 bridgehead atoms. The van der Waals surface area contributed by atoms with Gasteiger partial charge in [0.25, 0.3) is 0 Å². The number of methoxy groups -OCH3 is 1. The van der Waals surface area contributed by atoms with Crippen LogP contribution in [0, 0.1) is 19.8 Å². The molecule has 6 nitrogen and oxygen atoms in total. The van der Waals surface area contributed by atoms with Crippen LogP contribution in [0.1, 0.15) is 17.5 Å². The molecule has 1 aliphatic heterocycles. The van der Waals surface area contributed by atoms with Crippen molar-refractivity contribution in [3.63, 3.8) is 0 Å². The molecule has 0 unspecified atom stereocenters. The van der Waals surface area contributed by atoms with E-state index >= 15 is 0 Å². The molecule has 0 spiro atoms. The maximum atomic E-state index is 12.7. The number of fused-ring (bicyclic) bond motifs is 1. The third kappa shape index (κ3) is 3.45. The summed E-state index contributed by atoms with van der Waals surface area (Å²) in [5.41, 5.74) is 3.95. The minimum absolute atomic E-state index is 0.0301. The fourth-order valence-electron chi connectivity index (χ4n) is 3.32. The third-order valence-corrected chi connectivity index (χ3v) is 6.06. The number of hydrogen-bond acceptors (Lipinski definition) is 5. The van der Waals surface area contributed by atoms with E-state index in [4.69, 9.17) is 4.74 Å². The van der Waals surface area contributed by atoms with Crippen molar-refractivity contribution >= 4 is 44.2 Å². The lowest BCUT2D eigenvalue weighted by Crippen LogP contribution is -2.28. The minimum atomic E-state index is -0.393. The molecular weight excluding hydrogens is 374 g/mol. The molecule has 3 aromatic rings. The van der Waals surface area contributed by atoms with Gasteiger partial charge < -0.3 is 15.0 Å². The van der Waals surface area contributed by atoms with Gasteiger partial charge in [-0.15, -0.1) is 0 Å². The van der Waals surface area contributed by atoms with Crippen molar-refractivity contribution in [1.29, 1.82) is 0 Å². The van der Waals surface area contributed by atoms with E-state index in [1.54, 1.807) is 12.0 Å². The van der Waals surface area contributed by atoms with Crippen LogP contribution in [0.15, 0.2) is 36.4 Å². The van der Waals surface area contributed by atoms with E-state index in [-0.39, 0.29) is 18.2 Å². The predicted octanol–water partition coefficient (Wildman–Crippen LogP) is 3.91. The summed E-state index contributed by atoms with van der Waals surface area (Å²) in [6, 6.07) is 11.5. The summed E-state index contributed by atoms with van der Waals surface area (Å²) in [6.45, 7) is 4.44. The zero-order valence-corrected chi connectivity index (χ0v) is 16.8. The molecular formula is C21H21N3O3S. The summed E-state index contributed by atoms with van der Waals surface area (Å²) < 4.78 is 6.16. The van der Waals surface area contributed by atoms with Gasteiger partial charge in [-0.25, -0.2) is 4.98 Å². The summed E-state index contributed by atoms with van der Waals surface area (Å²) in [7, 11) is 1.61. The van der Waals surface area contributed by atoms with Gasteiger partial charge in [0.2, 0.25) is 11.8 Å². The number of aromatic nitrogens is 1. The lowest BCUT2D eigenvalue weighted by atomic mass is 10.1. The van der Waals surface area contributed by atoms with Gasteiger partial charge in [0.15, 0.2) is 5.13 Å². The number of anilines is 2. The molecule has 2 heterocycles. The van der Waals surface area contributed by atoms with Crippen LogP contribution in [0.4, 0.5) is 10.8 Å². The Hall–Kier alpha value is -2.93. The van der Waals surface area contributed by atoms with Crippen LogP contribution in [0.25, 0.3) is 10.2 Å². The van der Waals surface area contributed by atoms with Gasteiger partial charge in [0, 0.05) is 18.7 Å². The van der Waals surface area contributed by atoms with Gasteiger partial charge >= 0.3 is 0 Å². The molecule has 0 radical (unpaired) electrons. The number of nitrogens with one attached hydrogen (secondary N) is 1. The first kappa shape index (κ1) is 18.4. The third-order valence-electron chi connectivity index (χ3n) is 5.12. The van der Waals surface area contributed by atoms with E-state index in [0.29, 0.717) is 11.7 Å². The highest BCUT2D eigenvalue weighted by molar-refractivity contribution is 7.22. The second kappa shape index (κ2) is 7.24. The van der Waals surface area contributed by atoms with Gasteiger partial charge in [-0.2, -0.15) is 0 Å². The summed E-state index contributed by atoms with van der Waals surface area (Å²) in [4.78, 5) is 31.3. The Morgan fingerprint density at radius 2 is 2.04 bits per heavy atom. The summed E-state index contributed by atoms with van der Waals surface area (Å²) in [5, 5.41) is 3.41. The number of hydrogen-bond donors (Lipinski definition) is 1. The van der Waals surface area contributed by atoms with Crippen molar-refractivity contribution in [3.8, 4) is 5.75 Å².